The maximum absolute atomic E-state index is 12.4. The molecule has 0 saturated carbocycles. The zero-order valence-electron chi connectivity index (χ0n) is 14.5. The van der Waals surface area contributed by atoms with Crippen molar-refractivity contribution in [1.82, 2.24) is 0 Å². The van der Waals surface area contributed by atoms with Crippen molar-refractivity contribution in [3.8, 4) is 0 Å². The van der Waals surface area contributed by atoms with E-state index in [1.165, 1.54) is 0 Å². The van der Waals surface area contributed by atoms with Crippen LogP contribution in [0.25, 0.3) is 0 Å². The van der Waals surface area contributed by atoms with Crippen LogP contribution in [0.3, 0.4) is 0 Å². The highest BCUT2D eigenvalue weighted by Crippen LogP contribution is 2.18. The summed E-state index contributed by atoms with van der Waals surface area (Å²) in [5.41, 5.74) is 8.17. The van der Waals surface area contributed by atoms with Gasteiger partial charge in [0.25, 0.3) is 11.8 Å². The first-order valence-corrected chi connectivity index (χ1v) is 8.37. The van der Waals surface area contributed by atoms with Crippen LogP contribution in [0, 0.1) is 0 Å². The second kappa shape index (κ2) is 8.27. The molecule has 0 atom stereocenters. The Kier molecular flexibility index (Phi) is 5.61. The molecule has 0 aliphatic carbocycles. The quantitative estimate of drug-likeness (QED) is 0.479. The van der Waals surface area contributed by atoms with E-state index in [9.17, 15) is 14.8 Å². The Morgan fingerprint density at radius 3 is 2.07 bits per heavy atom. The van der Waals surface area contributed by atoms with Crippen molar-refractivity contribution < 1.29 is 14.8 Å². The van der Waals surface area contributed by atoms with E-state index in [1.807, 2.05) is 6.07 Å². The zero-order valence-corrected chi connectivity index (χ0v) is 14.5. The van der Waals surface area contributed by atoms with Crippen LogP contribution in [0.1, 0.15) is 26.3 Å². The maximum Gasteiger partial charge on any atom is 0.281 e. The Labute approximate surface area is 156 Å². The first-order chi connectivity index (χ1) is 13.1. The first-order valence-electron chi connectivity index (χ1n) is 8.37. The standard InChI is InChI=1S/C21H19N3O3/c22-14-15-6-12-19(13-7-15)24(27)21(26)17-8-10-18(11-9-17)23-20(25)16-4-2-1-3-5-16/h1-13,27H,14,22H2,(H,23,25). The third kappa shape index (κ3) is 4.38. The van der Waals surface area contributed by atoms with Crippen molar-refractivity contribution in [3.63, 3.8) is 0 Å². The summed E-state index contributed by atoms with van der Waals surface area (Å²) in [6.07, 6.45) is 0. The molecular weight excluding hydrogens is 342 g/mol. The van der Waals surface area contributed by atoms with Gasteiger partial charge in [0, 0.05) is 23.4 Å². The van der Waals surface area contributed by atoms with Gasteiger partial charge >= 0.3 is 0 Å². The monoisotopic (exact) mass is 361 g/mol. The number of amides is 2. The molecule has 0 aliphatic heterocycles. The summed E-state index contributed by atoms with van der Waals surface area (Å²) in [4.78, 5) is 24.6. The summed E-state index contributed by atoms with van der Waals surface area (Å²) in [5, 5.41) is 13.5. The summed E-state index contributed by atoms with van der Waals surface area (Å²) >= 11 is 0. The van der Waals surface area contributed by atoms with Crippen LogP contribution in [0.15, 0.2) is 78.9 Å². The number of rotatable bonds is 5. The molecule has 3 aromatic carbocycles. The number of hydrogen-bond donors (Lipinski definition) is 3. The highest BCUT2D eigenvalue weighted by Gasteiger charge is 2.16. The SMILES string of the molecule is NCc1ccc(N(O)C(=O)c2ccc(NC(=O)c3ccccc3)cc2)cc1. The van der Waals surface area contributed by atoms with E-state index < -0.39 is 5.91 Å². The Morgan fingerprint density at radius 1 is 0.852 bits per heavy atom. The molecule has 0 aromatic heterocycles. The van der Waals surface area contributed by atoms with E-state index in [2.05, 4.69) is 5.32 Å². The van der Waals surface area contributed by atoms with E-state index in [4.69, 9.17) is 5.73 Å². The van der Waals surface area contributed by atoms with Gasteiger partial charge in [-0.05, 0) is 54.1 Å². The molecule has 0 spiro atoms. The Morgan fingerprint density at radius 2 is 1.48 bits per heavy atom. The molecule has 0 fully saturated rings. The number of carbonyl (C=O) groups is 2. The smallest absolute Gasteiger partial charge is 0.281 e. The van der Waals surface area contributed by atoms with Crippen LogP contribution in [0.2, 0.25) is 0 Å². The molecule has 0 radical (unpaired) electrons. The van der Waals surface area contributed by atoms with Gasteiger partial charge in [-0.2, -0.15) is 5.06 Å². The molecule has 6 nitrogen and oxygen atoms in total. The Bertz CT molecular complexity index is 923. The second-order valence-corrected chi connectivity index (χ2v) is 5.89. The molecule has 0 saturated heterocycles. The molecule has 6 heteroatoms. The van der Waals surface area contributed by atoms with Gasteiger partial charge < -0.3 is 11.1 Å². The number of nitrogens with one attached hydrogen (secondary N) is 1. The van der Waals surface area contributed by atoms with Gasteiger partial charge in [-0.15, -0.1) is 0 Å². The minimum atomic E-state index is -0.573. The van der Waals surface area contributed by atoms with Crippen LogP contribution in [-0.2, 0) is 6.54 Å². The van der Waals surface area contributed by atoms with Gasteiger partial charge in [-0.25, -0.2) is 0 Å². The van der Waals surface area contributed by atoms with Crippen molar-refractivity contribution in [1.29, 1.82) is 0 Å². The fourth-order valence-electron chi connectivity index (χ4n) is 2.50. The number of benzene rings is 3. The summed E-state index contributed by atoms with van der Waals surface area (Å²) in [6.45, 7) is 0.385. The molecular formula is C21H19N3O3. The lowest BCUT2D eigenvalue weighted by Gasteiger charge is -2.15. The Hall–Kier alpha value is -3.48. The first kappa shape index (κ1) is 18.3. The predicted octanol–water partition coefficient (Wildman–Crippen LogP) is 3.43. The van der Waals surface area contributed by atoms with Gasteiger partial charge in [-0.1, -0.05) is 30.3 Å². The fraction of sp³-hybridized carbons (Fsp3) is 0.0476. The Balaban J connectivity index is 1.68. The third-order valence-electron chi connectivity index (χ3n) is 4.03. The summed E-state index contributed by atoms with van der Waals surface area (Å²) < 4.78 is 0. The predicted molar refractivity (Wildman–Crippen MR) is 104 cm³/mol. The van der Waals surface area contributed by atoms with Crippen molar-refractivity contribution >= 4 is 23.2 Å². The number of carbonyl (C=O) groups excluding carboxylic acids is 2. The molecule has 136 valence electrons. The van der Waals surface area contributed by atoms with Crippen LogP contribution in [-0.4, -0.2) is 17.0 Å². The van der Waals surface area contributed by atoms with Crippen LogP contribution >= 0.6 is 0 Å². The number of anilines is 2. The van der Waals surface area contributed by atoms with Crippen molar-refractivity contribution in [3.05, 3.63) is 95.6 Å². The molecule has 3 rings (SSSR count). The topological polar surface area (TPSA) is 95.7 Å². The average molecular weight is 361 g/mol. The van der Waals surface area contributed by atoms with E-state index >= 15 is 0 Å². The molecule has 4 N–H and O–H groups in total. The van der Waals surface area contributed by atoms with E-state index in [1.54, 1.807) is 72.8 Å². The van der Waals surface area contributed by atoms with Crippen molar-refractivity contribution in [2.75, 3.05) is 10.4 Å². The molecule has 2 amide bonds. The molecule has 0 bridgehead atoms. The third-order valence-corrected chi connectivity index (χ3v) is 4.03. The minimum Gasteiger partial charge on any atom is -0.326 e. The lowest BCUT2D eigenvalue weighted by Crippen LogP contribution is -2.27. The van der Waals surface area contributed by atoms with Gasteiger partial charge in [0.15, 0.2) is 0 Å². The van der Waals surface area contributed by atoms with Gasteiger partial charge in [0.1, 0.15) is 0 Å². The average Bonchev–Trinajstić information content (AvgIpc) is 2.74. The van der Waals surface area contributed by atoms with E-state index in [0.29, 0.717) is 28.5 Å². The normalized spacial score (nSPS) is 10.3. The number of hydroxylamine groups is 1. The van der Waals surface area contributed by atoms with Crippen LogP contribution in [0.4, 0.5) is 11.4 Å². The van der Waals surface area contributed by atoms with Gasteiger partial charge in [-0.3, -0.25) is 14.8 Å². The highest BCUT2D eigenvalue weighted by atomic mass is 16.5. The minimum absolute atomic E-state index is 0.238. The number of nitrogens with zero attached hydrogens (tertiary/aromatic N) is 1. The molecule has 3 aromatic rings. The molecule has 0 unspecified atom stereocenters. The van der Waals surface area contributed by atoms with Crippen LogP contribution in [0.5, 0.6) is 0 Å². The fourth-order valence-corrected chi connectivity index (χ4v) is 2.50. The van der Waals surface area contributed by atoms with Crippen molar-refractivity contribution in [2.24, 2.45) is 5.73 Å². The van der Waals surface area contributed by atoms with E-state index in [-0.39, 0.29) is 11.5 Å². The molecule has 0 aliphatic rings. The molecule has 0 heterocycles. The highest BCUT2D eigenvalue weighted by molar-refractivity contribution is 6.06. The van der Waals surface area contributed by atoms with Gasteiger partial charge in [0.05, 0.1) is 5.69 Å². The van der Waals surface area contributed by atoms with E-state index in [0.717, 1.165) is 5.56 Å². The zero-order chi connectivity index (χ0) is 19.2. The lowest BCUT2D eigenvalue weighted by atomic mass is 10.1. The summed E-state index contributed by atoms with van der Waals surface area (Å²) in [6, 6.07) is 21.9. The summed E-state index contributed by atoms with van der Waals surface area (Å²) in [7, 11) is 0. The van der Waals surface area contributed by atoms with Gasteiger partial charge in [0.2, 0.25) is 0 Å². The number of nitrogens with two attached hydrogens (primary N) is 1. The van der Waals surface area contributed by atoms with Crippen LogP contribution < -0.4 is 16.1 Å². The number of hydrogen-bond acceptors (Lipinski definition) is 4. The van der Waals surface area contributed by atoms with Crippen molar-refractivity contribution in [2.45, 2.75) is 6.54 Å². The maximum atomic E-state index is 12.4. The molecule has 27 heavy (non-hydrogen) atoms. The summed E-state index contributed by atoms with van der Waals surface area (Å²) in [5.74, 6) is -0.810. The second-order valence-electron chi connectivity index (χ2n) is 5.89. The largest absolute Gasteiger partial charge is 0.326 e. The lowest BCUT2D eigenvalue weighted by molar-refractivity contribution is 0.0854.